The van der Waals surface area contributed by atoms with Gasteiger partial charge in [0.15, 0.2) is 0 Å². The number of sulfone groups is 1. The topological polar surface area (TPSA) is 80.5 Å². The highest BCUT2D eigenvalue weighted by atomic mass is 32.2. The lowest BCUT2D eigenvalue weighted by molar-refractivity contribution is -0.138. The highest BCUT2D eigenvalue weighted by molar-refractivity contribution is 7.91. The van der Waals surface area contributed by atoms with E-state index in [0.717, 1.165) is 12.8 Å². The summed E-state index contributed by atoms with van der Waals surface area (Å²) < 4.78 is 23.3. The van der Waals surface area contributed by atoms with Gasteiger partial charge in [0.05, 0.1) is 17.0 Å². The molecule has 1 aromatic carbocycles. The van der Waals surface area contributed by atoms with Crippen LogP contribution in [-0.4, -0.2) is 49.4 Å². The predicted molar refractivity (Wildman–Crippen MR) is 109 cm³/mol. The molecule has 148 valence electrons. The lowest BCUT2D eigenvalue weighted by atomic mass is 9.89. The molecule has 0 bridgehead atoms. The number of piperidine rings is 1. The van der Waals surface area contributed by atoms with Crippen LogP contribution in [0.5, 0.6) is 0 Å². The third kappa shape index (κ3) is 4.61. The van der Waals surface area contributed by atoms with Crippen LogP contribution in [0.1, 0.15) is 42.4 Å². The summed E-state index contributed by atoms with van der Waals surface area (Å²) >= 11 is 0. The Balaban J connectivity index is 1.57. The molecular weight excluding hydrogens is 360 g/mol. The summed E-state index contributed by atoms with van der Waals surface area (Å²) in [5, 5.41) is 0. The monoisotopic (exact) mass is 390 g/mol. The minimum Gasteiger partial charge on any atom is -0.341 e. The van der Waals surface area contributed by atoms with Crippen LogP contribution in [0.2, 0.25) is 0 Å². The number of likely N-dealkylation sites (tertiary alicyclic amines) is 1. The second-order valence-electron chi connectivity index (χ2n) is 8.10. The molecule has 0 aromatic heterocycles. The van der Waals surface area contributed by atoms with E-state index in [1.165, 1.54) is 16.7 Å². The van der Waals surface area contributed by atoms with Crippen LogP contribution in [0.3, 0.4) is 0 Å². The Morgan fingerprint density at radius 3 is 2.26 bits per heavy atom. The number of nitrogens with zero attached hydrogens (tertiary/aromatic N) is 1. The van der Waals surface area contributed by atoms with Crippen molar-refractivity contribution in [2.75, 3.05) is 24.6 Å². The maximum atomic E-state index is 12.8. The molecule has 1 amide bonds. The molecule has 0 saturated carbocycles. The predicted octanol–water partition coefficient (Wildman–Crippen LogP) is 2.46. The molecular formula is C21H30N2O3S. The second-order valence-corrected chi connectivity index (χ2v) is 10.4. The molecule has 5 nitrogen and oxygen atoms in total. The van der Waals surface area contributed by atoms with E-state index in [2.05, 4.69) is 44.2 Å². The Hall–Kier alpha value is -1.66. The van der Waals surface area contributed by atoms with E-state index >= 15 is 0 Å². The Labute approximate surface area is 162 Å². The molecule has 2 N–H and O–H groups in total. The lowest BCUT2D eigenvalue weighted by Crippen LogP contribution is -2.59. The van der Waals surface area contributed by atoms with Crippen LogP contribution in [0.25, 0.3) is 6.08 Å². The summed E-state index contributed by atoms with van der Waals surface area (Å²) in [6, 6.07) is 6.32. The highest BCUT2D eigenvalue weighted by Gasteiger charge is 2.42. The fourth-order valence-corrected chi connectivity index (χ4v) is 5.60. The molecule has 3 rings (SSSR count). The van der Waals surface area contributed by atoms with E-state index < -0.39 is 15.4 Å². The van der Waals surface area contributed by atoms with Gasteiger partial charge >= 0.3 is 0 Å². The molecule has 2 aliphatic heterocycles. The fraction of sp³-hybridized carbons (Fsp3) is 0.571. The van der Waals surface area contributed by atoms with E-state index in [-0.39, 0.29) is 30.3 Å². The number of allylic oxidation sites excluding steroid dienone is 1. The average Bonchev–Trinajstić information content (AvgIpc) is 2.64. The van der Waals surface area contributed by atoms with Crippen molar-refractivity contribution >= 4 is 21.8 Å². The Bertz CT molecular complexity index is 803. The Morgan fingerprint density at radius 2 is 1.70 bits per heavy atom. The van der Waals surface area contributed by atoms with E-state index in [1.54, 1.807) is 0 Å². The molecule has 1 aromatic rings. The molecule has 2 saturated heterocycles. The maximum absolute atomic E-state index is 12.8. The average molecular weight is 391 g/mol. The van der Waals surface area contributed by atoms with Crippen LogP contribution in [-0.2, 0) is 14.6 Å². The van der Waals surface area contributed by atoms with Crippen molar-refractivity contribution in [2.45, 2.75) is 45.1 Å². The highest BCUT2D eigenvalue weighted by Crippen LogP contribution is 2.27. The molecule has 27 heavy (non-hydrogen) atoms. The van der Waals surface area contributed by atoms with Crippen molar-refractivity contribution in [3.05, 3.63) is 41.0 Å². The number of rotatable bonds is 3. The molecule has 0 radical (unpaired) electrons. The van der Waals surface area contributed by atoms with Gasteiger partial charge in [-0.15, -0.1) is 0 Å². The standard InChI is InChI=1S/C21H30N2O3S/c1-16-4-3-5-17(2)19(16)7-6-18-8-12-23(13-9-18)20(24)21(22)10-14-27(25,26)15-11-21/h3-7,18H,8-15,22H2,1-2H3. The van der Waals surface area contributed by atoms with Gasteiger partial charge in [0.2, 0.25) is 5.91 Å². The third-order valence-electron chi connectivity index (χ3n) is 6.05. The van der Waals surface area contributed by atoms with Crippen molar-refractivity contribution in [2.24, 2.45) is 11.7 Å². The van der Waals surface area contributed by atoms with Crippen LogP contribution in [0.15, 0.2) is 24.3 Å². The molecule has 0 atom stereocenters. The summed E-state index contributed by atoms with van der Waals surface area (Å²) in [4.78, 5) is 14.7. The lowest BCUT2D eigenvalue weighted by Gasteiger charge is -2.39. The SMILES string of the molecule is Cc1cccc(C)c1C=CC1CCN(C(=O)C2(N)CCS(=O)(=O)CC2)CC1. The molecule has 0 aliphatic carbocycles. The molecule has 0 unspecified atom stereocenters. The minimum absolute atomic E-state index is 0.0181. The zero-order chi connectivity index (χ0) is 19.7. The number of amides is 1. The minimum atomic E-state index is -3.03. The van der Waals surface area contributed by atoms with Crippen LogP contribution >= 0.6 is 0 Å². The van der Waals surface area contributed by atoms with E-state index in [9.17, 15) is 13.2 Å². The van der Waals surface area contributed by atoms with Crippen molar-refractivity contribution in [3.8, 4) is 0 Å². The number of carbonyl (C=O) groups is 1. The van der Waals surface area contributed by atoms with Gasteiger partial charge in [0.25, 0.3) is 0 Å². The number of hydrogen-bond acceptors (Lipinski definition) is 4. The second kappa shape index (κ2) is 7.76. The first-order valence-corrected chi connectivity index (χ1v) is 11.6. The summed E-state index contributed by atoms with van der Waals surface area (Å²) in [5.41, 5.74) is 9.11. The van der Waals surface area contributed by atoms with Crippen molar-refractivity contribution in [3.63, 3.8) is 0 Å². The first-order valence-electron chi connectivity index (χ1n) is 9.73. The van der Waals surface area contributed by atoms with Gasteiger partial charge in [-0.2, -0.15) is 0 Å². The van der Waals surface area contributed by atoms with Gasteiger partial charge in [0.1, 0.15) is 9.84 Å². The van der Waals surface area contributed by atoms with Gasteiger partial charge in [-0.05, 0) is 62.1 Å². The summed E-state index contributed by atoms with van der Waals surface area (Å²) in [6.45, 7) is 5.62. The van der Waals surface area contributed by atoms with Crippen molar-refractivity contribution in [1.29, 1.82) is 0 Å². The number of hydrogen-bond donors (Lipinski definition) is 1. The fourth-order valence-electron chi connectivity index (χ4n) is 4.05. The first kappa shape index (κ1) is 20.1. The van der Waals surface area contributed by atoms with Crippen molar-refractivity contribution < 1.29 is 13.2 Å². The third-order valence-corrected chi connectivity index (χ3v) is 7.70. The smallest absolute Gasteiger partial charge is 0.242 e. The Morgan fingerprint density at radius 1 is 1.15 bits per heavy atom. The summed E-state index contributed by atoms with van der Waals surface area (Å²) in [7, 11) is -3.03. The molecule has 2 aliphatic rings. The van der Waals surface area contributed by atoms with E-state index in [1.807, 2.05) is 4.90 Å². The van der Waals surface area contributed by atoms with Gasteiger partial charge < -0.3 is 10.6 Å². The van der Waals surface area contributed by atoms with Crippen LogP contribution < -0.4 is 5.73 Å². The van der Waals surface area contributed by atoms with Gasteiger partial charge in [-0.1, -0.05) is 30.4 Å². The van der Waals surface area contributed by atoms with E-state index in [4.69, 9.17) is 5.73 Å². The summed E-state index contributed by atoms with van der Waals surface area (Å²) in [6.07, 6.45) is 6.79. The molecule has 2 heterocycles. The molecule has 6 heteroatoms. The Kier molecular flexibility index (Phi) is 5.77. The van der Waals surface area contributed by atoms with Crippen molar-refractivity contribution in [1.82, 2.24) is 4.90 Å². The zero-order valence-electron chi connectivity index (χ0n) is 16.3. The first-order chi connectivity index (χ1) is 12.7. The van der Waals surface area contributed by atoms with Crippen LogP contribution in [0.4, 0.5) is 0 Å². The quantitative estimate of drug-likeness (QED) is 0.860. The number of nitrogens with two attached hydrogens (primary N) is 1. The largest absolute Gasteiger partial charge is 0.341 e. The zero-order valence-corrected chi connectivity index (χ0v) is 17.1. The number of benzene rings is 1. The maximum Gasteiger partial charge on any atom is 0.242 e. The summed E-state index contributed by atoms with van der Waals surface area (Å²) in [5.74, 6) is 0.414. The number of aryl methyl sites for hydroxylation is 2. The normalized spacial score (nSPS) is 22.9. The molecule has 0 spiro atoms. The van der Waals surface area contributed by atoms with Gasteiger partial charge in [0, 0.05) is 13.1 Å². The molecule has 2 fully saturated rings. The number of carbonyl (C=O) groups excluding carboxylic acids is 1. The van der Waals surface area contributed by atoms with Crippen LogP contribution in [0, 0.1) is 19.8 Å². The van der Waals surface area contributed by atoms with E-state index in [0.29, 0.717) is 19.0 Å². The van der Waals surface area contributed by atoms with Gasteiger partial charge in [-0.3, -0.25) is 4.79 Å². The van der Waals surface area contributed by atoms with Gasteiger partial charge in [-0.25, -0.2) is 8.42 Å².